The number of nitrogens with zero attached hydrogens (tertiary/aromatic N) is 2. The number of para-hydroxylation sites is 1. The summed E-state index contributed by atoms with van der Waals surface area (Å²) in [5, 5.41) is 3.73. The van der Waals surface area contributed by atoms with Crippen molar-refractivity contribution in [2.75, 3.05) is 23.4 Å². The summed E-state index contributed by atoms with van der Waals surface area (Å²) in [5.74, 6) is -0.282. The van der Waals surface area contributed by atoms with Crippen LogP contribution in [0.25, 0.3) is 10.9 Å². The van der Waals surface area contributed by atoms with Crippen molar-refractivity contribution in [3.05, 3.63) is 60.3 Å². The Kier molecular flexibility index (Phi) is 4.95. The van der Waals surface area contributed by atoms with E-state index in [2.05, 4.69) is 10.3 Å². The summed E-state index contributed by atoms with van der Waals surface area (Å²) in [7, 11) is 0. The van der Waals surface area contributed by atoms with Crippen LogP contribution >= 0.6 is 0 Å². The highest BCUT2D eigenvalue weighted by Crippen LogP contribution is 2.33. The number of hydrogen-bond acceptors (Lipinski definition) is 5. The van der Waals surface area contributed by atoms with Gasteiger partial charge in [-0.25, -0.2) is 0 Å². The van der Waals surface area contributed by atoms with Gasteiger partial charge in [0.15, 0.2) is 12.4 Å². The lowest BCUT2D eigenvalue weighted by molar-refractivity contribution is -0.123. The third-order valence-corrected chi connectivity index (χ3v) is 4.75. The molecule has 1 aliphatic rings. The van der Waals surface area contributed by atoms with Crippen molar-refractivity contribution >= 4 is 39.9 Å². The predicted octanol–water partition coefficient (Wildman–Crippen LogP) is 3.19. The van der Waals surface area contributed by atoms with Crippen LogP contribution in [0, 0.1) is 0 Å². The number of pyridine rings is 1. The van der Waals surface area contributed by atoms with E-state index in [1.165, 1.54) is 4.90 Å². The van der Waals surface area contributed by atoms with Gasteiger partial charge in [-0.2, -0.15) is 0 Å². The van der Waals surface area contributed by atoms with E-state index in [1.807, 2.05) is 24.3 Å². The number of anilines is 2. The highest BCUT2D eigenvalue weighted by molar-refractivity contribution is 6.08. The Balaban J connectivity index is 1.60. The number of amides is 2. The van der Waals surface area contributed by atoms with Crippen LogP contribution in [0.5, 0.6) is 5.75 Å². The highest BCUT2D eigenvalue weighted by atomic mass is 16.5. The maximum atomic E-state index is 12.7. The van der Waals surface area contributed by atoms with Crippen LogP contribution in [0.15, 0.2) is 54.7 Å². The number of ketones is 1. The van der Waals surface area contributed by atoms with Gasteiger partial charge in [0.25, 0.3) is 5.91 Å². The van der Waals surface area contributed by atoms with E-state index in [4.69, 9.17) is 4.74 Å². The molecule has 2 amide bonds. The Morgan fingerprint density at radius 2 is 2.00 bits per heavy atom. The van der Waals surface area contributed by atoms with Crippen molar-refractivity contribution in [2.24, 2.45) is 0 Å². The number of fused-ring (bicyclic) bond motifs is 2. The molecule has 0 saturated carbocycles. The molecule has 3 aromatic rings. The second-order valence-corrected chi connectivity index (χ2v) is 6.66. The SMILES string of the molecule is CCC(=O)c1ccc2c(c1)N(CC(=O)Nc1cccc3cccnc13)C(=O)CO2. The van der Waals surface area contributed by atoms with Crippen molar-refractivity contribution in [2.45, 2.75) is 13.3 Å². The van der Waals surface area contributed by atoms with Crippen LogP contribution in [0.1, 0.15) is 23.7 Å². The Labute approximate surface area is 167 Å². The van der Waals surface area contributed by atoms with Gasteiger partial charge in [-0.3, -0.25) is 24.3 Å². The number of hydrogen-bond donors (Lipinski definition) is 1. The van der Waals surface area contributed by atoms with Crippen LogP contribution in [-0.2, 0) is 9.59 Å². The molecule has 146 valence electrons. The summed E-state index contributed by atoms with van der Waals surface area (Å²) in [5.41, 5.74) is 2.15. The van der Waals surface area contributed by atoms with Crippen LogP contribution in [0.2, 0.25) is 0 Å². The summed E-state index contributed by atoms with van der Waals surface area (Å²) < 4.78 is 5.45. The maximum absolute atomic E-state index is 12.7. The van der Waals surface area contributed by atoms with E-state index in [0.717, 1.165) is 5.39 Å². The molecule has 0 radical (unpaired) electrons. The first-order chi connectivity index (χ1) is 14.1. The fourth-order valence-electron chi connectivity index (χ4n) is 3.29. The molecule has 2 aromatic carbocycles. The minimum atomic E-state index is -0.364. The van der Waals surface area contributed by atoms with Crippen molar-refractivity contribution < 1.29 is 19.1 Å². The van der Waals surface area contributed by atoms with Gasteiger partial charge in [-0.15, -0.1) is 0 Å². The van der Waals surface area contributed by atoms with Gasteiger partial charge < -0.3 is 10.1 Å². The topological polar surface area (TPSA) is 88.6 Å². The van der Waals surface area contributed by atoms with Gasteiger partial charge in [0.1, 0.15) is 12.3 Å². The Hall–Kier alpha value is -3.74. The fourth-order valence-corrected chi connectivity index (χ4v) is 3.29. The Morgan fingerprint density at radius 1 is 1.17 bits per heavy atom. The molecule has 0 aliphatic carbocycles. The van der Waals surface area contributed by atoms with E-state index >= 15 is 0 Å². The Morgan fingerprint density at radius 3 is 2.83 bits per heavy atom. The number of nitrogens with one attached hydrogen (secondary N) is 1. The quantitative estimate of drug-likeness (QED) is 0.677. The standard InChI is InChI=1S/C22H19N3O4/c1-2-18(26)15-8-9-19-17(11-15)25(21(28)13-29-19)12-20(27)24-16-7-3-5-14-6-4-10-23-22(14)16/h3-11H,2,12-13H2,1H3,(H,24,27). The van der Waals surface area contributed by atoms with Gasteiger partial charge in [-0.05, 0) is 30.3 Å². The predicted molar refractivity (Wildman–Crippen MR) is 109 cm³/mol. The fraction of sp³-hybridized carbons (Fsp3) is 0.182. The van der Waals surface area contributed by atoms with E-state index in [0.29, 0.717) is 34.6 Å². The molecule has 1 N–H and O–H groups in total. The van der Waals surface area contributed by atoms with Gasteiger partial charge in [0.2, 0.25) is 5.91 Å². The number of carbonyl (C=O) groups excluding carboxylic acids is 3. The largest absolute Gasteiger partial charge is 0.482 e. The molecule has 29 heavy (non-hydrogen) atoms. The van der Waals surface area contributed by atoms with E-state index in [1.54, 1.807) is 37.4 Å². The monoisotopic (exact) mass is 389 g/mol. The normalized spacial score (nSPS) is 13.0. The molecule has 1 aliphatic heterocycles. The molecule has 0 spiro atoms. The molecule has 0 unspecified atom stereocenters. The van der Waals surface area contributed by atoms with Crippen molar-refractivity contribution in [1.82, 2.24) is 4.98 Å². The van der Waals surface area contributed by atoms with Gasteiger partial charge in [0, 0.05) is 23.6 Å². The van der Waals surface area contributed by atoms with Crippen LogP contribution < -0.4 is 15.0 Å². The summed E-state index contributed by atoms with van der Waals surface area (Å²) in [4.78, 5) is 42.9. The van der Waals surface area contributed by atoms with Crippen molar-refractivity contribution in [3.8, 4) is 5.75 Å². The molecule has 0 fully saturated rings. The van der Waals surface area contributed by atoms with E-state index in [-0.39, 0.29) is 30.7 Å². The zero-order chi connectivity index (χ0) is 20.4. The number of Topliss-reactive ketones (excluding diaryl/α,β-unsaturated/α-hetero) is 1. The second kappa shape index (κ2) is 7.71. The zero-order valence-electron chi connectivity index (χ0n) is 15.8. The molecule has 0 saturated heterocycles. The van der Waals surface area contributed by atoms with Crippen molar-refractivity contribution in [1.29, 1.82) is 0 Å². The van der Waals surface area contributed by atoms with Crippen LogP contribution in [0.3, 0.4) is 0 Å². The molecule has 7 heteroatoms. The summed E-state index contributed by atoms with van der Waals surface area (Å²) >= 11 is 0. The second-order valence-electron chi connectivity index (χ2n) is 6.66. The lowest BCUT2D eigenvalue weighted by Gasteiger charge is -2.29. The van der Waals surface area contributed by atoms with Crippen LogP contribution in [-0.4, -0.2) is 35.7 Å². The average Bonchev–Trinajstić information content (AvgIpc) is 2.75. The van der Waals surface area contributed by atoms with Crippen molar-refractivity contribution in [3.63, 3.8) is 0 Å². The van der Waals surface area contributed by atoms with Gasteiger partial charge in [0.05, 0.1) is 16.9 Å². The van der Waals surface area contributed by atoms with Crippen LogP contribution in [0.4, 0.5) is 11.4 Å². The first-order valence-corrected chi connectivity index (χ1v) is 9.31. The summed E-state index contributed by atoms with van der Waals surface area (Å²) in [6.45, 7) is 1.42. The first-order valence-electron chi connectivity index (χ1n) is 9.31. The summed E-state index contributed by atoms with van der Waals surface area (Å²) in [6, 6.07) is 14.2. The third kappa shape index (κ3) is 3.67. The maximum Gasteiger partial charge on any atom is 0.265 e. The minimum absolute atomic E-state index is 0.0444. The van der Waals surface area contributed by atoms with Gasteiger partial charge in [-0.1, -0.05) is 25.1 Å². The van der Waals surface area contributed by atoms with Gasteiger partial charge >= 0.3 is 0 Å². The van der Waals surface area contributed by atoms with E-state index in [9.17, 15) is 14.4 Å². The zero-order valence-corrected chi connectivity index (χ0v) is 15.8. The lowest BCUT2D eigenvalue weighted by atomic mass is 10.1. The molecule has 1 aromatic heterocycles. The number of benzene rings is 2. The molecular weight excluding hydrogens is 370 g/mol. The van der Waals surface area contributed by atoms with E-state index < -0.39 is 0 Å². The first kappa shape index (κ1) is 18.6. The number of rotatable bonds is 5. The summed E-state index contributed by atoms with van der Waals surface area (Å²) in [6.07, 6.45) is 2.01. The number of ether oxygens (including phenoxy) is 1. The minimum Gasteiger partial charge on any atom is -0.482 e. The smallest absolute Gasteiger partial charge is 0.265 e. The molecular formula is C22H19N3O4. The molecule has 2 heterocycles. The molecule has 0 bridgehead atoms. The molecule has 0 atom stereocenters. The lowest BCUT2D eigenvalue weighted by Crippen LogP contribution is -2.43. The molecule has 4 rings (SSSR count). The molecule has 7 nitrogen and oxygen atoms in total. The third-order valence-electron chi connectivity index (χ3n) is 4.75. The Bertz CT molecular complexity index is 1120. The highest BCUT2D eigenvalue weighted by Gasteiger charge is 2.28. The number of carbonyl (C=O) groups is 3. The average molecular weight is 389 g/mol. The number of aromatic nitrogens is 1.